The van der Waals surface area contributed by atoms with Crippen LogP contribution < -0.4 is 0 Å². The lowest BCUT2D eigenvalue weighted by Gasteiger charge is -2.04. The lowest BCUT2D eigenvalue weighted by Crippen LogP contribution is -1.84. The first-order chi connectivity index (χ1) is 12.4. The molecule has 0 radical (unpaired) electrons. The Morgan fingerprint density at radius 1 is 0.480 bits per heavy atom. The minimum atomic E-state index is 1.27. The molecule has 0 N–H and O–H groups in total. The van der Waals surface area contributed by atoms with Gasteiger partial charge in [-0.25, -0.2) is 0 Å². The molecule has 25 heavy (non-hydrogen) atoms. The number of thioether (sulfide) groups is 1. The van der Waals surface area contributed by atoms with E-state index >= 15 is 0 Å². The Bertz CT molecular complexity index is 236. The first-order valence-corrected chi connectivity index (χ1v) is 12.7. The van der Waals surface area contributed by atoms with E-state index in [-0.39, 0.29) is 0 Å². The summed E-state index contributed by atoms with van der Waals surface area (Å²) < 4.78 is 0. The average molecular weight is 369 g/mol. The fourth-order valence-corrected chi connectivity index (χ4v) is 4.06. The molecule has 0 saturated heterocycles. The quantitative estimate of drug-likeness (QED) is 0.171. The van der Waals surface area contributed by atoms with Crippen molar-refractivity contribution in [3.63, 3.8) is 0 Å². The van der Waals surface area contributed by atoms with Crippen molar-refractivity contribution in [2.75, 3.05) is 5.75 Å². The van der Waals surface area contributed by atoms with Gasteiger partial charge in [-0.2, -0.15) is 0 Å². The fraction of sp³-hybridized carbons (Fsp3) is 0.917. The van der Waals surface area contributed by atoms with Crippen molar-refractivity contribution in [1.29, 1.82) is 0 Å². The molecule has 0 aliphatic carbocycles. The van der Waals surface area contributed by atoms with E-state index in [9.17, 15) is 0 Å². The Balaban J connectivity index is 2.95. The minimum Gasteiger partial charge on any atom is -0.135 e. The van der Waals surface area contributed by atoms with E-state index in [4.69, 9.17) is 0 Å². The van der Waals surface area contributed by atoms with Crippen molar-refractivity contribution in [2.45, 2.75) is 135 Å². The standard InChI is InChI=1S/C24H48S/c1-3-5-6-7-8-9-10-11-12-13-14-15-16-17-18-19-20-21-22-23-24-25-4-2/h4H,2-3,5-24H2,1H3. The van der Waals surface area contributed by atoms with Crippen LogP contribution in [0.1, 0.15) is 135 Å². The van der Waals surface area contributed by atoms with Crippen LogP contribution in [0, 0.1) is 0 Å². The molecule has 0 aromatic carbocycles. The van der Waals surface area contributed by atoms with Gasteiger partial charge in [-0.15, -0.1) is 11.8 Å². The third-order valence-electron chi connectivity index (χ3n) is 5.23. The molecule has 0 nitrogen and oxygen atoms in total. The predicted molar refractivity (Wildman–Crippen MR) is 121 cm³/mol. The van der Waals surface area contributed by atoms with Gasteiger partial charge in [-0.05, 0) is 17.6 Å². The number of hydrogen-bond acceptors (Lipinski definition) is 1. The summed E-state index contributed by atoms with van der Waals surface area (Å²) in [6.45, 7) is 6.04. The molecule has 0 amide bonds. The van der Waals surface area contributed by atoms with Crippen molar-refractivity contribution in [3.05, 3.63) is 12.0 Å². The zero-order valence-corrected chi connectivity index (χ0v) is 18.4. The molecule has 0 unspecified atom stereocenters. The second kappa shape index (κ2) is 24.1. The summed E-state index contributed by atoms with van der Waals surface area (Å²) in [5, 5.41) is 1.97. The van der Waals surface area contributed by atoms with E-state index in [1.54, 1.807) is 0 Å². The molecule has 0 saturated carbocycles. The molecule has 0 aliphatic rings. The Hall–Kier alpha value is 0.0900. The van der Waals surface area contributed by atoms with E-state index in [1.807, 2.05) is 17.2 Å². The van der Waals surface area contributed by atoms with Gasteiger partial charge in [0.2, 0.25) is 0 Å². The molecule has 0 aromatic heterocycles. The SMILES string of the molecule is C=CSCCCCCCCCCCCCCCCCCCCCCC. The van der Waals surface area contributed by atoms with Crippen molar-refractivity contribution in [3.8, 4) is 0 Å². The summed E-state index contributed by atoms with van der Waals surface area (Å²) in [7, 11) is 0. The van der Waals surface area contributed by atoms with Crippen LogP contribution in [0.4, 0.5) is 0 Å². The van der Waals surface area contributed by atoms with Gasteiger partial charge >= 0.3 is 0 Å². The summed E-state index contributed by atoms with van der Waals surface area (Å²) in [5.74, 6) is 1.27. The molecule has 0 atom stereocenters. The highest BCUT2D eigenvalue weighted by Gasteiger charge is 1.95. The molecule has 0 rings (SSSR count). The molecular formula is C24H48S. The van der Waals surface area contributed by atoms with Gasteiger partial charge in [-0.1, -0.05) is 135 Å². The van der Waals surface area contributed by atoms with Crippen molar-refractivity contribution in [1.82, 2.24) is 0 Å². The van der Waals surface area contributed by atoms with Gasteiger partial charge < -0.3 is 0 Å². The van der Waals surface area contributed by atoms with Crippen LogP contribution >= 0.6 is 11.8 Å². The van der Waals surface area contributed by atoms with Crippen molar-refractivity contribution >= 4 is 11.8 Å². The number of unbranched alkanes of at least 4 members (excludes halogenated alkanes) is 19. The summed E-state index contributed by atoms with van der Waals surface area (Å²) in [6.07, 6.45) is 29.2. The van der Waals surface area contributed by atoms with Gasteiger partial charge in [0.1, 0.15) is 0 Å². The van der Waals surface area contributed by atoms with E-state index in [0.717, 1.165) is 0 Å². The molecule has 0 heterocycles. The smallest absolute Gasteiger partial charge is 0.00262 e. The van der Waals surface area contributed by atoms with Crippen LogP contribution in [0.2, 0.25) is 0 Å². The maximum Gasteiger partial charge on any atom is -0.00262 e. The fourth-order valence-electron chi connectivity index (χ4n) is 3.52. The Labute approximate surface area is 165 Å². The van der Waals surface area contributed by atoms with Gasteiger partial charge in [0, 0.05) is 0 Å². The molecule has 1 heteroatoms. The minimum absolute atomic E-state index is 1.27. The van der Waals surface area contributed by atoms with Crippen LogP contribution in [0.25, 0.3) is 0 Å². The van der Waals surface area contributed by atoms with Gasteiger partial charge in [-0.3, -0.25) is 0 Å². The highest BCUT2D eigenvalue weighted by atomic mass is 32.2. The van der Waals surface area contributed by atoms with Crippen LogP contribution in [0.15, 0.2) is 12.0 Å². The topological polar surface area (TPSA) is 0 Å². The second-order valence-electron chi connectivity index (χ2n) is 7.75. The largest absolute Gasteiger partial charge is 0.135 e. The molecule has 150 valence electrons. The first-order valence-electron chi connectivity index (χ1n) is 11.6. The van der Waals surface area contributed by atoms with Crippen LogP contribution in [-0.2, 0) is 0 Å². The summed E-state index contributed by atoms with van der Waals surface area (Å²) >= 11 is 1.86. The van der Waals surface area contributed by atoms with Crippen molar-refractivity contribution < 1.29 is 0 Å². The molecule has 0 aliphatic heterocycles. The third-order valence-corrected chi connectivity index (χ3v) is 5.99. The number of hydrogen-bond donors (Lipinski definition) is 0. The third kappa shape index (κ3) is 24.1. The van der Waals surface area contributed by atoms with Gasteiger partial charge in [0.25, 0.3) is 0 Å². The maximum atomic E-state index is 3.75. The van der Waals surface area contributed by atoms with Crippen LogP contribution in [0.3, 0.4) is 0 Å². The maximum absolute atomic E-state index is 3.75. The van der Waals surface area contributed by atoms with Gasteiger partial charge in [0.05, 0.1) is 0 Å². The Morgan fingerprint density at radius 2 is 0.760 bits per heavy atom. The summed E-state index contributed by atoms with van der Waals surface area (Å²) in [6, 6.07) is 0. The lowest BCUT2D eigenvalue weighted by molar-refractivity contribution is 0.523. The molecule has 0 fully saturated rings. The van der Waals surface area contributed by atoms with E-state index < -0.39 is 0 Å². The number of rotatable bonds is 22. The Morgan fingerprint density at radius 3 is 1.04 bits per heavy atom. The van der Waals surface area contributed by atoms with E-state index in [2.05, 4.69) is 13.5 Å². The average Bonchev–Trinajstić information content (AvgIpc) is 2.63. The lowest BCUT2D eigenvalue weighted by atomic mass is 10.0. The first kappa shape index (κ1) is 25.1. The highest BCUT2D eigenvalue weighted by molar-refractivity contribution is 8.02. The zero-order chi connectivity index (χ0) is 18.3. The Kier molecular flexibility index (Phi) is 24.2. The predicted octanol–water partition coefficient (Wildman–Crippen LogP) is 9.68. The molecular weight excluding hydrogens is 320 g/mol. The normalized spacial score (nSPS) is 11.1. The molecule has 0 bridgehead atoms. The summed E-state index contributed by atoms with van der Waals surface area (Å²) in [5.41, 5.74) is 0. The highest BCUT2D eigenvalue weighted by Crippen LogP contribution is 2.15. The summed E-state index contributed by atoms with van der Waals surface area (Å²) in [4.78, 5) is 0. The van der Waals surface area contributed by atoms with Gasteiger partial charge in [0.15, 0.2) is 0 Å². The second-order valence-corrected chi connectivity index (χ2v) is 8.83. The van der Waals surface area contributed by atoms with Crippen molar-refractivity contribution in [2.24, 2.45) is 0 Å². The van der Waals surface area contributed by atoms with Crippen LogP contribution in [0.5, 0.6) is 0 Å². The molecule has 0 spiro atoms. The van der Waals surface area contributed by atoms with Crippen LogP contribution in [-0.4, -0.2) is 5.75 Å². The zero-order valence-electron chi connectivity index (χ0n) is 17.5. The van der Waals surface area contributed by atoms with E-state index in [0.29, 0.717) is 0 Å². The monoisotopic (exact) mass is 368 g/mol. The molecule has 0 aromatic rings. The van der Waals surface area contributed by atoms with E-state index in [1.165, 1.54) is 134 Å².